The van der Waals surface area contributed by atoms with E-state index < -0.39 is 11.6 Å². The van der Waals surface area contributed by atoms with Gasteiger partial charge in [0.05, 0.1) is 0 Å². The molecule has 1 rings (SSSR count). The van der Waals surface area contributed by atoms with E-state index in [9.17, 15) is 8.78 Å². The van der Waals surface area contributed by atoms with Gasteiger partial charge < -0.3 is 10.1 Å². The highest BCUT2D eigenvalue weighted by Crippen LogP contribution is 2.28. The number of ether oxygens (including phenoxy) is 1. The Kier molecular flexibility index (Phi) is 6.38. The van der Waals surface area contributed by atoms with Crippen molar-refractivity contribution in [3.05, 3.63) is 34.9 Å². The van der Waals surface area contributed by atoms with E-state index in [1.54, 1.807) is 14.0 Å². The minimum absolute atomic E-state index is 0.143. The molecule has 0 saturated carbocycles. The molecule has 0 heterocycles. The summed E-state index contributed by atoms with van der Waals surface area (Å²) in [6.45, 7) is 6.84. The molecule has 0 aromatic heterocycles. The van der Waals surface area contributed by atoms with Gasteiger partial charge in [0.2, 0.25) is 0 Å². The molecule has 0 spiro atoms. The molecule has 2 nitrogen and oxygen atoms in total. The van der Waals surface area contributed by atoms with E-state index in [0.717, 1.165) is 0 Å². The van der Waals surface area contributed by atoms with Crippen LogP contribution in [0.1, 0.15) is 37.4 Å². The summed E-state index contributed by atoms with van der Waals surface area (Å²) in [4.78, 5) is 0. The van der Waals surface area contributed by atoms with Crippen molar-refractivity contribution < 1.29 is 13.5 Å². The summed E-state index contributed by atoms with van der Waals surface area (Å²) in [5.74, 6) is -0.706. The summed E-state index contributed by atoms with van der Waals surface area (Å²) in [5.41, 5.74) is 0.614. The lowest BCUT2D eigenvalue weighted by atomic mass is 9.94. The molecule has 2 atom stereocenters. The van der Waals surface area contributed by atoms with Crippen LogP contribution in [-0.4, -0.2) is 20.3 Å². The van der Waals surface area contributed by atoms with E-state index in [0.29, 0.717) is 25.1 Å². The highest BCUT2D eigenvalue weighted by atomic mass is 19.1. The maximum atomic E-state index is 14.2. The van der Waals surface area contributed by atoms with Gasteiger partial charge in [0.1, 0.15) is 11.6 Å². The second kappa shape index (κ2) is 7.56. The normalized spacial score (nSPS) is 14.4. The van der Waals surface area contributed by atoms with Gasteiger partial charge in [-0.15, -0.1) is 0 Å². The Morgan fingerprint density at radius 2 is 2.00 bits per heavy atom. The van der Waals surface area contributed by atoms with E-state index in [1.165, 1.54) is 12.1 Å². The molecule has 0 amide bonds. The SMILES string of the molecule is CCNC(CC(C)COC)c1c(F)ccc(C)c1F. The first-order valence-corrected chi connectivity index (χ1v) is 6.68. The molecule has 0 bridgehead atoms. The van der Waals surface area contributed by atoms with Crippen LogP contribution >= 0.6 is 0 Å². The Labute approximate surface area is 114 Å². The molecule has 0 aliphatic rings. The van der Waals surface area contributed by atoms with Crippen LogP contribution < -0.4 is 5.32 Å². The average molecular weight is 271 g/mol. The zero-order valence-corrected chi connectivity index (χ0v) is 12.1. The number of hydrogen-bond acceptors (Lipinski definition) is 2. The zero-order chi connectivity index (χ0) is 14.4. The van der Waals surface area contributed by atoms with E-state index >= 15 is 0 Å². The molecule has 1 N–H and O–H groups in total. The van der Waals surface area contributed by atoms with Gasteiger partial charge in [-0.05, 0) is 37.4 Å². The Morgan fingerprint density at radius 1 is 1.32 bits per heavy atom. The van der Waals surface area contributed by atoms with Gasteiger partial charge in [-0.2, -0.15) is 0 Å². The van der Waals surface area contributed by atoms with Crippen molar-refractivity contribution in [2.45, 2.75) is 33.2 Å². The molecular formula is C15H23F2NO. The fourth-order valence-electron chi connectivity index (χ4n) is 2.30. The van der Waals surface area contributed by atoms with Crippen LogP contribution in [0.3, 0.4) is 0 Å². The summed E-state index contributed by atoms with van der Waals surface area (Å²) in [6, 6.07) is 2.48. The monoisotopic (exact) mass is 271 g/mol. The summed E-state index contributed by atoms with van der Waals surface area (Å²) in [6.07, 6.45) is 0.638. The zero-order valence-electron chi connectivity index (χ0n) is 12.1. The van der Waals surface area contributed by atoms with Gasteiger partial charge >= 0.3 is 0 Å². The smallest absolute Gasteiger partial charge is 0.133 e. The maximum absolute atomic E-state index is 14.2. The Balaban J connectivity index is 3.01. The predicted octanol–water partition coefficient (Wildman–Crippen LogP) is 3.60. The van der Waals surface area contributed by atoms with Gasteiger partial charge in [0.15, 0.2) is 0 Å². The maximum Gasteiger partial charge on any atom is 0.133 e. The summed E-state index contributed by atoms with van der Waals surface area (Å²) < 4.78 is 33.2. The van der Waals surface area contributed by atoms with Crippen LogP contribution in [0, 0.1) is 24.5 Å². The summed E-state index contributed by atoms with van der Waals surface area (Å²) >= 11 is 0. The number of aryl methyl sites for hydroxylation is 1. The Morgan fingerprint density at radius 3 is 2.58 bits per heavy atom. The number of rotatable bonds is 7. The van der Waals surface area contributed by atoms with Crippen LogP contribution in [0.5, 0.6) is 0 Å². The van der Waals surface area contributed by atoms with Crippen molar-refractivity contribution in [3.63, 3.8) is 0 Å². The summed E-state index contributed by atoms with van der Waals surface area (Å²) in [7, 11) is 1.63. The minimum atomic E-state index is -0.487. The quantitative estimate of drug-likeness (QED) is 0.818. The number of halogens is 2. The fourth-order valence-corrected chi connectivity index (χ4v) is 2.30. The van der Waals surface area contributed by atoms with Gasteiger partial charge in [-0.1, -0.05) is 19.9 Å². The second-order valence-electron chi connectivity index (χ2n) is 5.00. The molecule has 108 valence electrons. The lowest BCUT2D eigenvalue weighted by Crippen LogP contribution is -2.26. The van der Waals surface area contributed by atoms with E-state index in [4.69, 9.17) is 4.74 Å². The van der Waals surface area contributed by atoms with Crippen molar-refractivity contribution in [1.29, 1.82) is 0 Å². The lowest BCUT2D eigenvalue weighted by Gasteiger charge is -2.23. The molecule has 0 fully saturated rings. The fraction of sp³-hybridized carbons (Fsp3) is 0.600. The Hall–Kier alpha value is -1.00. The van der Waals surface area contributed by atoms with Crippen molar-refractivity contribution in [2.75, 3.05) is 20.3 Å². The molecule has 0 radical (unpaired) electrons. The van der Waals surface area contributed by atoms with E-state index in [2.05, 4.69) is 5.32 Å². The molecule has 2 unspecified atom stereocenters. The number of hydrogen-bond donors (Lipinski definition) is 1. The summed E-state index contributed by atoms with van der Waals surface area (Å²) in [5, 5.41) is 3.16. The molecule has 0 aliphatic carbocycles. The van der Waals surface area contributed by atoms with Crippen LogP contribution in [0.15, 0.2) is 12.1 Å². The lowest BCUT2D eigenvalue weighted by molar-refractivity contribution is 0.149. The first-order valence-electron chi connectivity index (χ1n) is 6.68. The number of nitrogens with one attached hydrogen (secondary N) is 1. The van der Waals surface area contributed by atoms with Crippen LogP contribution in [0.4, 0.5) is 8.78 Å². The van der Waals surface area contributed by atoms with Gasteiger partial charge in [0, 0.05) is 25.3 Å². The highest BCUT2D eigenvalue weighted by Gasteiger charge is 2.22. The third-order valence-corrected chi connectivity index (χ3v) is 3.21. The van der Waals surface area contributed by atoms with Crippen molar-refractivity contribution in [3.8, 4) is 0 Å². The second-order valence-corrected chi connectivity index (χ2v) is 5.00. The van der Waals surface area contributed by atoms with Crippen LogP contribution in [0.2, 0.25) is 0 Å². The molecule has 0 saturated heterocycles. The minimum Gasteiger partial charge on any atom is -0.384 e. The molecular weight excluding hydrogens is 248 g/mol. The predicted molar refractivity (Wildman–Crippen MR) is 73.2 cm³/mol. The third kappa shape index (κ3) is 4.25. The van der Waals surface area contributed by atoms with E-state index in [1.807, 2.05) is 13.8 Å². The third-order valence-electron chi connectivity index (χ3n) is 3.21. The molecule has 19 heavy (non-hydrogen) atoms. The van der Waals surface area contributed by atoms with Gasteiger partial charge in [-0.3, -0.25) is 0 Å². The Bertz CT molecular complexity index is 409. The molecule has 1 aromatic rings. The average Bonchev–Trinajstić information content (AvgIpc) is 2.35. The molecule has 4 heteroatoms. The van der Waals surface area contributed by atoms with E-state index in [-0.39, 0.29) is 17.5 Å². The number of methoxy groups -OCH3 is 1. The van der Waals surface area contributed by atoms with Crippen molar-refractivity contribution in [2.24, 2.45) is 5.92 Å². The standard InChI is InChI=1S/C15H23F2NO/c1-5-18-13(8-10(2)9-19-4)14-12(16)7-6-11(3)15(14)17/h6-7,10,13,18H,5,8-9H2,1-4H3. The van der Waals surface area contributed by atoms with Gasteiger partial charge in [-0.25, -0.2) is 8.78 Å². The highest BCUT2D eigenvalue weighted by molar-refractivity contribution is 5.29. The van der Waals surface area contributed by atoms with Crippen molar-refractivity contribution in [1.82, 2.24) is 5.32 Å². The number of benzene rings is 1. The first-order chi connectivity index (χ1) is 9.01. The van der Waals surface area contributed by atoms with Gasteiger partial charge in [0.25, 0.3) is 0 Å². The first kappa shape index (κ1) is 16.1. The molecule has 1 aromatic carbocycles. The topological polar surface area (TPSA) is 21.3 Å². The molecule has 0 aliphatic heterocycles. The van der Waals surface area contributed by atoms with Crippen molar-refractivity contribution >= 4 is 0 Å². The van der Waals surface area contributed by atoms with Crippen LogP contribution in [0.25, 0.3) is 0 Å². The largest absolute Gasteiger partial charge is 0.384 e. The van der Waals surface area contributed by atoms with Crippen LogP contribution in [-0.2, 0) is 4.74 Å².